The average Bonchev–Trinajstić information content (AvgIpc) is 2.86. The predicted molar refractivity (Wildman–Crippen MR) is 85.6 cm³/mol. The second-order valence-corrected chi connectivity index (χ2v) is 5.60. The molecular formula is C17H28N2O. The summed E-state index contributed by atoms with van der Waals surface area (Å²) in [5.41, 5.74) is 4.36. The fourth-order valence-corrected chi connectivity index (χ4v) is 2.96. The summed E-state index contributed by atoms with van der Waals surface area (Å²) < 4.78 is 5.12. The molecule has 0 aliphatic carbocycles. The van der Waals surface area contributed by atoms with Crippen molar-refractivity contribution in [3.05, 3.63) is 29.3 Å². The second kappa shape index (κ2) is 7.65. The molecule has 0 spiro atoms. The van der Waals surface area contributed by atoms with Gasteiger partial charge in [-0.05, 0) is 49.9 Å². The largest absolute Gasteiger partial charge is 0.385 e. The minimum absolute atomic E-state index is 0.445. The Bertz CT molecular complexity index is 419. The molecule has 3 nitrogen and oxygen atoms in total. The normalized spacial score (nSPS) is 15.4. The van der Waals surface area contributed by atoms with E-state index in [1.54, 1.807) is 7.11 Å². The summed E-state index contributed by atoms with van der Waals surface area (Å²) >= 11 is 0. The van der Waals surface area contributed by atoms with Crippen molar-refractivity contribution in [1.82, 2.24) is 5.32 Å². The topological polar surface area (TPSA) is 24.5 Å². The van der Waals surface area contributed by atoms with Crippen molar-refractivity contribution >= 4 is 5.69 Å². The van der Waals surface area contributed by atoms with Crippen LogP contribution in [0.5, 0.6) is 0 Å². The summed E-state index contributed by atoms with van der Waals surface area (Å²) in [5, 5.41) is 3.48. The van der Waals surface area contributed by atoms with E-state index in [2.05, 4.69) is 42.3 Å². The first-order chi connectivity index (χ1) is 9.76. The van der Waals surface area contributed by atoms with Crippen molar-refractivity contribution < 1.29 is 4.74 Å². The van der Waals surface area contributed by atoms with Crippen molar-refractivity contribution in [1.29, 1.82) is 0 Å². The summed E-state index contributed by atoms with van der Waals surface area (Å²) in [6, 6.07) is 7.42. The molecule has 0 fully saturated rings. The summed E-state index contributed by atoms with van der Waals surface area (Å²) in [6.07, 6.45) is 3.55. The van der Waals surface area contributed by atoms with Crippen LogP contribution >= 0.6 is 0 Å². The van der Waals surface area contributed by atoms with Gasteiger partial charge in [0.2, 0.25) is 0 Å². The first-order valence-corrected chi connectivity index (χ1v) is 7.86. The van der Waals surface area contributed by atoms with E-state index in [4.69, 9.17) is 4.74 Å². The van der Waals surface area contributed by atoms with Crippen LogP contribution in [0.25, 0.3) is 0 Å². The highest BCUT2D eigenvalue weighted by atomic mass is 16.5. The van der Waals surface area contributed by atoms with Crippen LogP contribution in [0.4, 0.5) is 5.69 Å². The van der Waals surface area contributed by atoms with E-state index in [1.165, 1.54) is 36.2 Å². The Morgan fingerprint density at radius 3 is 2.95 bits per heavy atom. The Labute approximate surface area is 123 Å². The number of unbranched alkanes of at least 4 members (excludes halogenated alkanes) is 1. The molecule has 20 heavy (non-hydrogen) atoms. The van der Waals surface area contributed by atoms with Crippen molar-refractivity contribution in [2.75, 3.05) is 38.3 Å². The van der Waals surface area contributed by atoms with Crippen LogP contribution in [-0.4, -0.2) is 33.4 Å². The Balaban J connectivity index is 1.95. The van der Waals surface area contributed by atoms with E-state index in [1.807, 2.05) is 0 Å². The van der Waals surface area contributed by atoms with E-state index in [0.29, 0.717) is 6.04 Å². The lowest BCUT2D eigenvalue weighted by molar-refractivity contribution is 0.193. The zero-order valence-electron chi connectivity index (χ0n) is 13.1. The SMILES string of the molecule is CCNC(C)c1ccc2c(c1)CCN2CCCCOC. The number of rotatable bonds is 8. The van der Waals surface area contributed by atoms with E-state index < -0.39 is 0 Å². The van der Waals surface area contributed by atoms with Gasteiger partial charge < -0.3 is 15.0 Å². The molecular weight excluding hydrogens is 248 g/mol. The molecule has 0 radical (unpaired) electrons. The summed E-state index contributed by atoms with van der Waals surface area (Å²) in [5.74, 6) is 0. The molecule has 0 amide bonds. The van der Waals surface area contributed by atoms with E-state index >= 15 is 0 Å². The van der Waals surface area contributed by atoms with Gasteiger partial charge in [0.25, 0.3) is 0 Å². The number of ether oxygens (including phenoxy) is 1. The fourth-order valence-electron chi connectivity index (χ4n) is 2.96. The van der Waals surface area contributed by atoms with Gasteiger partial charge in [-0.2, -0.15) is 0 Å². The maximum Gasteiger partial charge on any atom is 0.0462 e. The number of hydrogen-bond donors (Lipinski definition) is 1. The van der Waals surface area contributed by atoms with Crippen molar-refractivity contribution in [2.45, 2.75) is 39.2 Å². The zero-order chi connectivity index (χ0) is 14.4. The maximum atomic E-state index is 5.12. The third-order valence-electron chi connectivity index (χ3n) is 4.13. The monoisotopic (exact) mass is 276 g/mol. The second-order valence-electron chi connectivity index (χ2n) is 5.60. The molecule has 0 saturated carbocycles. The van der Waals surface area contributed by atoms with Gasteiger partial charge in [0.15, 0.2) is 0 Å². The van der Waals surface area contributed by atoms with Crippen LogP contribution in [0.1, 0.15) is 43.9 Å². The molecule has 1 atom stereocenters. The highest BCUT2D eigenvalue weighted by molar-refractivity contribution is 5.59. The van der Waals surface area contributed by atoms with Crippen molar-refractivity contribution in [2.24, 2.45) is 0 Å². The van der Waals surface area contributed by atoms with Gasteiger partial charge in [-0.15, -0.1) is 0 Å². The number of anilines is 1. The first kappa shape index (κ1) is 15.3. The lowest BCUT2D eigenvalue weighted by atomic mass is 10.0. The number of nitrogens with zero attached hydrogens (tertiary/aromatic N) is 1. The summed E-state index contributed by atoms with van der Waals surface area (Å²) in [4.78, 5) is 2.52. The van der Waals surface area contributed by atoms with E-state index in [0.717, 1.165) is 26.1 Å². The highest BCUT2D eigenvalue weighted by Gasteiger charge is 2.19. The van der Waals surface area contributed by atoms with Gasteiger partial charge in [0.05, 0.1) is 0 Å². The van der Waals surface area contributed by atoms with E-state index in [9.17, 15) is 0 Å². The van der Waals surface area contributed by atoms with Gasteiger partial charge in [-0.25, -0.2) is 0 Å². The third-order valence-corrected chi connectivity index (χ3v) is 4.13. The molecule has 0 saturated heterocycles. The molecule has 0 aromatic heterocycles. The molecule has 1 aliphatic heterocycles. The molecule has 3 heteroatoms. The average molecular weight is 276 g/mol. The van der Waals surface area contributed by atoms with Gasteiger partial charge in [-0.3, -0.25) is 0 Å². The lowest BCUT2D eigenvalue weighted by Crippen LogP contribution is -2.22. The van der Waals surface area contributed by atoms with Crippen LogP contribution in [-0.2, 0) is 11.2 Å². The fraction of sp³-hybridized carbons (Fsp3) is 0.647. The molecule has 1 aliphatic rings. The van der Waals surface area contributed by atoms with Crippen LogP contribution in [0.2, 0.25) is 0 Å². The van der Waals surface area contributed by atoms with Gasteiger partial charge >= 0.3 is 0 Å². The van der Waals surface area contributed by atoms with Gasteiger partial charge in [0, 0.05) is 38.5 Å². The molecule has 1 unspecified atom stereocenters. The summed E-state index contributed by atoms with van der Waals surface area (Å²) in [7, 11) is 1.78. The standard InChI is InChI=1S/C17H28N2O/c1-4-18-14(2)15-7-8-17-16(13-15)9-11-19(17)10-5-6-12-20-3/h7-8,13-14,18H,4-6,9-12H2,1-3H3. The maximum absolute atomic E-state index is 5.12. The van der Waals surface area contributed by atoms with Crippen LogP contribution in [0.3, 0.4) is 0 Å². The quantitative estimate of drug-likeness (QED) is 0.738. The highest BCUT2D eigenvalue weighted by Crippen LogP contribution is 2.30. The first-order valence-electron chi connectivity index (χ1n) is 7.86. The minimum Gasteiger partial charge on any atom is -0.385 e. The van der Waals surface area contributed by atoms with Gasteiger partial charge in [0.1, 0.15) is 0 Å². The number of hydrogen-bond acceptors (Lipinski definition) is 3. The lowest BCUT2D eigenvalue weighted by Gasteiger charge is -2.20. The van der Waals surface area contributed by atoms with E-state index in [-0.39, 0.29) is 0 Å². The Hall–Kier alpha value is -1.06. The number of fused-ring (bicyclic) bond motifs is 1. The number of benzene rings is 1. The van der Waals surface area contributed by atoms with Crippen LogP contribution in [0.15, 0.2) is 18.2 Å². The molecule has 112 valence electrons. The molecule has 1 aromatic rings. The number of nitrogens with one attached hydrogen (secondary N) is 1. The van der Waals surface area contributed by atoms with Crippen molar-refractivity contribution in [3.63, 3.8) is 0 Å². The van der Waals surface area contributed by atoms with Crippen molar-refractivity contribution in [3.8, 4) is 0 Å². The van der Waals surface area contributed by atoms with Crippen LogP contribution in [0, 0.1) is 0 Å². The molecule has 0 bridgehead atoms. The predicted octanol–water partition coefficient (Wildman–Crippen LogP) is 3.15. The Morgan fingerprint density at radius 2 is 2.20 bits per heavy atom. The Kier molecular flexibility index (Phi) is 5.86. The minimum atomic E-state index is 0.445. The Morgan fingerprint density at radius 1 is 1.35 bits per heavy atom. The van der Waals surface area contributed by atoms with Crippen LogP contribution < -0.4 is 10.2 Å². The number of methoxy groups -OCH3 is 1. The third kappa shape index (κ3) is 3.74. The molecule has 2 rings (SSSR count). The van der Waals surface area contributed by atoms with Gasteiger partial charge in [-0.1, -0.05) is 19.1 Å². The smallest absolute Gasteiger partial charge is 0.0462 e. The zero-order valence-corrected chi connectivity index (χ0v) is 13.1. The molecule has 1 N–H and O–H groups in total. The summed E-state index contributed by atoms with van der Waals surface area (Å²) in [6.45, 7) is 8.61. The molecule has 1 aromatic carbocycles. The molecule has 1 heterocycles.